The largest absolute Gasteiger partial charge is 0.262 e. The van der Waals surface area contributed by atoms with E-state index in [1.807, 2.05) is 39.0 Å². The Balaban J connectivity index is 0.000000316. The lowest BCUT2D eigenvalue weighted by Crippen LogP contribution is -1.85. The van der Waals surface area contributed by atoms with Gasteiger partial charge in [-0.15, -0.1) is 0 Å². The molecular formula is C18H27N. The average Bonchev–Trinajstić information content (AvgIpc) is 2.43. The van der Waals surface area contributed by atoms with E-state index in [9.17, 15) is 0 Å². The van der Waals surface area contributed by atoms with E-state index in [1.54, 1.807) is 6.20 Å². The van der Waals surface area contributed by atoms with Crippen molar-refractivity contribution < 1.29 is 0 Å². The maximum atomic E-state index is 3.98. The van der Waals surface area contributed by atoms with Crippen LogP contribution in [0.4, 0.5) is 0 Å². The van der Waals surface area contributed by atoms with E-state index < -0.39 is 0 Å². The summed E-state index contributed by atoms with van der Waals surface area (Å²) in [4.78, 5) is 3.98. The number of pyridine rings is 1. The summed E-state index contributed by atoms with van der Waals surface area (Å²) in [5.74, 6) is 0.653. The average molecular weight is 257 g/mol. The molecule has 1 nitrogen and oxygen atoms in total. The quantitative estimate of drug-likeness (QED) is 0.654. The summed E-state index contributed by atoms with van der Waals surface area (Å²) in [6.45, 7) is 12.5. The molecule has 1 aromatic carbocycles. The van der Waals surface area contributed by atoms with Crippen LogP contribution in [0.1, 0.15) is 50.4 Å². The zero-order valence-electron chi connectivity index (χ0n) is 13.1. The normalized spacial score (nSPS) is 9.00. The first-order valence-corrected chi connectivity index (χ1v) is 7.04. The van der Waals surface area contributed by atoms with Crippen molar-refractivity contribution in [3.8, 4) is 0 Å². The van der Waals surface area contributed by atoms with Crippen LogP contribution in [-0.2, 0) is 0 Å². The Kier molecular flexibility index (Phi) is 9.42. The third-order valence-corrected chi connectivity index (χ3v) is 2.56. The number of hydrogen-bond donors (Lipinski definition) is 0. The zero-order valence-corrected chi connectivity index (χ0v) is 13.1. The summed E-state index contributed by atoms with van der Waals surface area (Å²) >= 11 is 0. The van der Waals surface area contributed by atoms with Gasteiger partial charge in [-0.1, -0.05) is 63.6 Å². The molecule has 0 amide bonds. The molecule has 1 heteroatoms. The topological polar surface area (TPSA) is 12.9 Å². The number of aryl methyl sites for hydroxylation is 2. The fourth-order valence-electron chi connectivity index (χ4n) is 1.40. The third-order valence-electron chi connectivity index (χ3n) is 2.56. The van der Waals surface area contributed by atoms with Crippen LogP contribution in [0.2, 0.25) is 0 Å². The minimum Gasteiger partial charge on any atom is -0.262 e. The molecule has 0 unspecified atom stereocenters. The van der Waals surface area contributed by atoms with Crippen molar-refractivity contribution in [2.24, 2.45) is 0 Å². The van der Waals surface area contributed by atoms with Crippen molar-refractivity contribution in [3.63, 3.8) is 0 Å². The van der Waals surface area contributed by atoms with Gasteiger partial charge in [0.25, 0.3) is 0 Å². The van der Waals surface area contributed by atoms with Crippen molar-refractivity contribution in [1.29, 1.82) is 0 Å². The van der Waals surface area contributed by atoms with Gasteiger partial charge in [0, 0.05) is 11.9 Å². The Morgan fingerprint density at radius 3 is 1.74 bits per heavy atom. The summed E-state index contributed by atoms with van der Waals surface area (Å²) in [5, 5.41) is 0. The Hall–Kier alpha value is -1.63. The van der Waals surface area contributed by atoms with Gasteiger partial charge >= 0.3 is 0 Å². The lowest BCUT2D eigenvalue weighted by Gasteiger charge is -2.03. The van der Waals surface area contributed by atoms with Gasteiger partial charge in [-0.05, 0) is 37.5 Å². The van der Waals surface area contributed by atoms with Crippen molar-refractivity contribution in [2.75, 3.05) is 0 Å². The first-order valence-electron chi connectivity index (χ1n) is 7.04. The van der Waals surface area contributed by atoms with Crippen LogP contribution in [0.15, 0.2) is 48.7 Å². The van der Waals surface area contributed by atoms with Crippen LogP contribution < -0.4 is 0 Å². The van der Waals surface area contributed by atoms with Gasteiger partial charge in [0.2, 0.25) is 0 Å². The molecule has 19 heavy (non-hydrogen) atoms. The lowest BCUT2D eigenvalue weighted by molar-refractivity contribution is 0.866. The van der Waals surface area contributed by atoms with Crippen molar-refractivity contribution in [2.45, 2.75) is 47.5 Å². The standard InChI is InChI=1S/C10H14.C6H7N.C2H6/c1-8(2)10-6-4-9(3)5-7-10;1-6-4-2-3-5-7-6;1-2/h4-8H,1-3H3;2-5H,1H3;1-2H3. The molecule has 0 N–H and O–H groups in total. The summed E-state index contributed by atoms with van der Waals surface area (Å²) in [6, 6.07) is 14.6. The monoisotopic (exact) mass is 257 g/mol. The van der Waals surface area contributed by atoms with Crippen LogP contribution in [0.3, 0.4) is 0 Å². The van der Waals surface area contributed by atoms with Crippen molar-refractivity contribution >= 4 is 0 Å². The highest BCUT2D eigenvalue weighted by atomic mass is 14.6. The van der Waals surface area contributed by atoms with E-state index in [0.717, 1.165) is 5.69 Å². The van der Waals surface area contributed by atoms with Crippen molar-refractivity contribution in [1.82, 2.24) is 4.98 Å². The summed E-state index contributed by atoms with van der Waals surface area (Å²) in [7, 11) is 0. The second-order valence-electron chi connectivity index (χ2n) is 4.54. The Labute approximate surface area is 118 Å². The van der Waals surface area contributed by atoms with Gasteiger partial charge in [-0.3, -0.25) is 4.98 Å². The Bertz CT molecular complexity index is 415. The summed E-state index contributed by atoms with van der Waals surface area (Å²) < 4.78 is 0. The molecule has 0 atom stereocenters. The second kappa shape index (κ2) is 10.3. The van der Waals surface area contributed by atoms with Gasteiger partial charge in [-0.25, -0.2) is 0 Å². The molecule has 1 heterocycles. The minimum absolute atomic E-state index is 0.653. The van der Waals surface area contributed by atoms with Gasteiger partial charge < -0.3 is 0 Å². The van der Waals surface area contributed by atoms with Gasteiger partial charge in [-0.2, -0.15) is 0 Å². The fourth-order valence-corrected chi connectivity index (χ4v) is 1.40. The molecule has 0 saturated carbocycles. The molecule has 2 rings (SSSR count). The molecule has 0 radical (unpaired) electrons. The number of aromatic nitrogens is 1. The Morgan fingerprint density at radius 2 is 1.42 bits per heavy atom. The van der Waals surface area contributed by atoms with E-state index in [0.29, 0.717) is 5.92 Å². The lowest BCUT2D eigenvalue weighted by atomic mass is 10.0. The first kappa shape index (κ1) is 17.4. The van der Waals surface area contributed by atoms with Crippen molar-refractivity contribution in [3.05, 3.63) is 65.5 Å². The SMILES string of the molecule is CC.Cc1ccc(C(C)C)cc1.Cc1ccccn1. The molecule has 0 bridgehead atoms. The maximum absolute atomic E-state index is 3.98. The predicted molar refractivity (Wildman–Crippen MR) is 85.6 cm³/mol. The summed E-state index contributed by atoms with van der Waals surface area (Å²) in [6.07, 6.45) is 1.79. The highest BCUT2D eigenvalue weighted by Crippen LogP contribution is 2.13. The van der Waals surface area contributed by atoms with Crippen LogP contribution in [0, 0.1) is 13.8 Å². The second-order valence-corrected chi connectivity index (χ2v) is 4.54. The number of nitrogens with zero attached hydrogens (tertiary/aromatic N) is 1. The van der Waals surface area contributed by atoms with Gasteiger partial charge in [0.1, 0.15) is 0 Å². The smallest absolute Gasteiger partial charge is 0.0372 e. The van der Waals surface area contributed by atoms with E-state index in [4.69, 9.17) is 0 Å². The maximum Gasteiger partial charge on any atom is 0.0372 e. The van der Waals surface area contributed by atoms with Crippen LogP contribution in [0.25, 0.3) is 0 Å². The van der Waals surface area contributed by atoms with Gasteiger partial charge in [0.05, 0.1) is 0 Å². The zero-order chi connectivity index (χ0) is 14.7. The molecule has 104 valence electrons. The molecule has 0 spiro atoms. The van der Waals surface area contributed by atoms with E-state index in [-0.39, 0.29) is 0 Å². The molecule has 2 aromatic rings. The number of benzene rings is 1. The van der Waals surface area contributed by atoms with Crippen LogP contribution in [-0.4, -0.2) is 4.98 Å². The fraction of sp³-hybridized carbons (Fsp3) is 0.389. The van der Waals surface area contributed by atoms with Crippen LogP contribution >= 0.6 is 0 Å². The molecule has 0 saturated heterocycles. The van der Waals surface area contributed by atoms with Crippen LogP contribution in [0.5, 0.6) is 0 Å². The summed E-state index contributed by atoms with van der Waals surface area (Å²) in [5.41, 5.74) is 3.83. The van der Waals surface area contributed by atoms with E-state index in [1.165, 1.54) is 11.1 Å². The molecule has 0 fully saturated rings. The van der Waals surface area contributed by atoms with Gasteiger partial charge in [0.15, 0.2) is 0 Å². The Morgan fingerprint density at radius 1 is 0.842 bits per heavy atom. The highest BCUT2D eigenvalue weighted by Gasteiger charge is 1.95. The third kappa shape index (κ3) is 8.15. The number of hydrogen-bond acceptors (Lipinski definition) is 1. The molecule has 1 aromatic heterocycles. The molecule has 0 aliphatic rings. The predicted octanol–water partition coefficient (Wildman–Crippen LogP) is 5.53. The molecule has 0 aliphatic carbocycles. The molecular weight excluding hydrogens is 230 g/mol. The molecule has 0 aliphatic heterocycles. The van der Waals surface area contributed by atoms with E-state index >= 15 is 0 Å². The number of rotatable bonds is 1. The first-order chi connectivity index (χ1) is 9.09. The minimum atomic E-state index is 0.653. The van der Waals surface area contributed by atoms with E-state index in [2.05, 4.69) is 50.0 Å². The highest BCUT2D eigenvalue weighted by molar-refractivity contribution is 5.23.